The number of carbonyl (C=O) groups is 1. The second-order valence-corrected chi connectivity index (χ2v) is 5.81. The molecule has 0 spiro atoms. The van der Waals surface area contributed by atoms with Crippen molar-refractivity contribution in [3.05, 3.63) is 52.7 Å². The van der Waals surface area contributed by atoms with Crippen molar-refractivity contribution < 1.29 is 9.18 Å². The fourth-order valence-corrected chi connectivity index (χ4v) is 2.82. The predicted octanol–water partition coefficient (Wildman–Crippen LogP) is 3.44. The SMILES string of the molecule is C[C@H](N[C@@H](C)c1ccccc1F)C(=O)Nc1sccc1C#N. The molecule has 2 atom stereocenters. The molecule has 1 heterocycles. The zero-order valence-corrected chi connectivity index (χ0v) is 13.1. The topological polar surface area (TPSA) is 64.9 Å². The van der Waals surface area contributed by atoms with Crippen LogP contribution in [-0.2, 0) is 4.79 Å². The van der Waals surface area contributed by atoms with E-state index in [4.69, 9.17) is 5.26 Å². The van der Waals surface area contributed by atoms with Gasteiger partial charge in [-0.2, -0.15) is 5.26 Å². The average molecular weight is 317 g/mol. The van der Waals surface area contributed by atoms with Gasteiger partial charge in [0.25, 0.3) is 0 Å². The Morgan fingerprint density at radius 1 is 1.32 bits per heavy atom. The van der Waals surface area contributed by atoms with Crippen LogP contribution in [0.4, 0.5) is 9.39 Å². The van der Waals surface area contributed by atoms with Crippen LogP contribution in [-0.4, -0.2) is 11.9 Å². The molecule has 1 aromatic carbocycles. The predicted molar refractivity (Wildman–Crippen MR) is 85.1 cm³/mol. The van der Waals surface area contributed by atoms with Crippen molar-refractivity contribution in [2.24, 2.45) is 0 Å². The lowest BCUT2D eigenvalue weighted by Gasteiger charge is -2.20. The lowest BCUT2D eigenvalue weighted by molar-refractivity contribution is -0.117. The second-order valence-electron chi connectivity index (χ2n) is 4.90. The molecule has 22 heavy (non-hydrogen) atoms. The number of nitriles is 1. The first-order valence-electron chi connectivity index (χ1n) is 6.82. The molecule has 0 radical (unpaired) electrons. The summed E-state index contributed by atoms with van der Waals surface area (Å²) in [5.41, 5.74) is 0.948. The van der Waals surface area contributed by atoms with Gasteiger partial charge in [-0.15, -0.1) is 11.3 Å². The molecule has 0 aliphatic carbocycles. The summed E-state index contributed by atoms with van der Waals surface area (Å²) in [4.78, 5) is 12.2. The molecule has 6 heteroatoms. The molecule has 0 aliphatic rings. The summed E-state index contributed by atoms with van der Waals surface area (Å²) in [6.07, 6.45) is 0. The quantitative estimate of drug-likeness (QED) is 0.888. The second kappa shape index (κ2) is 7.16. The van der Waals surface area contributed by atoms with Crippen LogP contribution in [0.25, 0.3) is 0 Å². The van der Waals surface area contributed by atoms with Crippen LogP contribution in [0.2, 0.25) is 0 Å². The summed E-state index contributed by atoms with van der Waals surface area (Å²) in [5, 5.41) is 17.0. The monoisotopic (exact) mass is 317 g/mol. The zero-order chi connectivity index (χ0) is 16.1. The molecule has 0 bridgehead atoms. The summed E-state index contributed by atoms with van der Waals surface area (Å²) in [6, 6.07) is 9.30. The van der Waals surface area contributed by atoms with Gasteiger partial charge < -0.3 is 5.32 Å². The number of anilines is 1. The van der Waals surface area contributed by atoms with Gasteiger partial charge in [0, 0.05) is 11.6 Å². The number of nitrogens with one attached hydrogen (secondary N) is 2. The Hall–Kier alpha value is -2.23. The van der Waals surface area contributed by atoms with E-state index in [1.807, 2.05) is 6.07 Å². The third-order valence-electron chi connectivity index (χ3n) is 3.29. The van der Waals surface area contributed by atoms with E-state index in [2.05, 4.69) is 10.6 Å². The van der Waals surface area contributed by atoms with Crippen molar-refractivity contribution in [2.75, 3.05) is 5.32 Å². The molecular weight excluding hydrogens is 301 g/mol. The van der Waals surface area contributed by atoms with Crippen molar-refractivity contribution >= 4 is 22.2 Å². The first kappa shape index (κ1) is 16.1. The number of halogens is 1. The molecule has 1 aromatic heterocycles. The van der Waals surface area contributed by atoms with Crippen LogP contribution in [0.15, 0.2) is 35.7 Å². The number of nitrogens with zero attached hydrogens (tertiary/aromatic N) is 1. The Morgan fingerprint density at radius 3 is 2.73 bits per heavy atom. The number of hydrogen-bond donors (Lipinski definition) is 2. The maximum atomic E-state index is 13.7. The standard InChI is InChI=1S/C16H16FN3OS/c1-10(13-5-3-4-6-14(13)17)19-11(2)15(21)20-16-12(9-18)7-8-22-16/h3-8,10-11,19H,1-2H3,(H,20,21)/t10-,11-/m0/s1. The molecule has 1 amide bonds. The lowest BCUT2D eigenvalue weighted by Crippen LogP contribution is -2.39. The highest BCUT2D eigenvalue weighted by Gasteiger charge is 2.19. The molecule has 2 aromatic rings. The highest BCUT2D eigenvalue weighted by Crippen LogP contribution is 2.22. The number of thiophene rings is 1. The summed E-state index contributed by atoms with van der Waals surface area (Å²) in [6.45, 7) is 3.50. The van der Waals surface area contributed by atoms with E-state index in [1.54, 1.807) is 43.5 Å². The van der Waals surface area contributed by atoms with Gasteiger partial charge >= 0.3 is 0 Å². The van der Waals surface area contributed by atoms with Gasteiger partial charge in [0.1, 0.15) is 16.9 Å². The number of rotatable bonds is 5. The molecule has 0 unspecified atom stereocenters. The molecule has 2 N–H and O–H groups in total. The number of hydrogen-bond acceptors (Lipinski definition) is 4. The Balaban J connectivity index is 2.00. The Bertz CT molecular complexity index is 707. The molecule has 0 fully saturated rings. The minimum atomic E-state index is -0.525. The fourth-order valence-electron chi connectivity index (χ4n) is 2.08. The molecule has 0 saturated carbocycles. The van der Waals surface area contributed by atoms with E-state index in [1.165, 1.54) is 17.4 Å². The molecule has 0 aliphatic heterocycles. The van der Waals surface area contributed by atoms with E-state index in [9.17, 15) is 9.18 Å². The Kier molecular flexibility index (Phi) is 5.26. The van der Waals surface area contributed by atoms with Crippen LogP contribution >= 0.6 is 11.3 Å². The van der Waals surface area contributed by atoms with E-state index < -0.39 is 6.04 Å². The molecule has 0 saturated heterocycles. The van der Waals surface area contributed by atoms with Crippen molar-refractivity contribution in [1.82, 2.24) is 5.32 Å². The summed E-state index contributed by atoms with van der Waals surface area (Å²) >= 11 is 1.30. The van der Waals surface area contributed by atoms with Crippen molar-refractivity contribution in [1.29, 1.82) is 5.26 Å². The third kappa shape index (κ3) is 3.70. The number of carbonyl (C=O) groups excluding carboxylic acids is 1. The van der Waals surface area contributed by atoms with E-state index >= 15 is 0 Å². The molecule has 114 valence electrons. The van der Waals surface area contributed by atoms with Crippen molar-refractivity contribution in [3.8, 4) is 6.07 Å². The van der Waals surface area contributed by atoms with Crippen LogP contribution in [0.1, 0.15) is 31.0 Å². The maximum absolute atomic E-state index is 13.7. The highest BCUT2D eigenvalue weighted by molar-refractivity contribution is 7.14. The normalized spacial score (nSPS) is 13.2. The molecule has 2 rings (SSSR count). The first-order valence-corrected chi connectivity index (χ1v) is 7.69. The minimum absolute atomic E-state index is 0.262. The van der Waals surface area contributed by atoms with Gasteiger partial charge in [-0.05, 0) is 31.4 Å². The van der Waals surface area contributed by atoms with Gasteiger partial charge in [0.2, 0.25) is 5.91 Å². The largest absolute Gasteiger partial charge is 0.315 e. The molecular formula is C16H16FN3OS. The van der Waals surface area contributed by atoms with Crippen LogP contribution in [0.5, 0.6) is 0 Å². The number of benzene rings is 1. The van der Waals surface area contributed by atoms with E-state index in [0.717, 1.165) is 0 Å². The van der Waals surface area contributed by atoms with Gasteiger partial charge in [0.15, 0.2) is 0 Å². The van der Waals surface area contributed by atoms with Crippen LogP contribution < -0.4 is 10.6 Å². The summed E-state index contributed by atoms with van der Waals surface area (Å²) in [5.74, 6) is -0.567. The fraction of sp³-hybridized carbons (Fsp3) is 0.250. The first-order chi connectivity index (χ1) is 10.5. The van der Waals surface area contributed by atoms with E-state index in [0.29, 0.717) is 16.1 Å². The lowest BCUT2D eigenvalue weighted by atomic mass is 10.1. The van der Waals surface area contributed by atoms with Crippen molar-refractivity contribution in [3.63, 3.8) is 0 Å². The van der Waals surface area contributed by atoms with Gasteiger partial charge in [-0.3, -0.25) is 10.1 Å². The summed E-state index contributed by atoms with van der Waals surface area (Å²) < 4.78 is 13.7. The molecule has 4 nitrogen and oxygen atoms in total. The maximum Gasteiger partial charge on any atom is 0.241 e. The average Bonchev–Trinajstić information content (AvgIpc) is 2.94. The van der Waals surface area contributed by atoms with Crippen LogP contribution in [0, 0.1) is 17.1 Å². The smallest absolute Gasteiger partial charge is 0.241 e. The summed E-state index contributed by atoms with van der Waals surface area (Å²) in [7, 11) is 0. The van der Waals surface area contributed by atoms with E-state index in [-0.39, 0.29) is 17.8 Å². The van der Waals surface area contributed by atoms with Crippen LogP contribution in [0.3, 0.4) is 0 Å². The Morgan fingerprint density at radius 2 is 2.05 bits per heavy atom. The third-order valence-corrected chi connectivity index (χ3v) is 4.12. The Labute approximate surface area is 132 Å². The number of amides is 1. The van der Waals surface area contributed by atoms with Gasteiger partial charge in [0.05, 0.1) is 11.6 Å². The van der Waals surface area contributed by atoms with Crippen molar-refractivity contribution in [2.45, 2.75) is 25.9 Å². The van der Waals surface area contributed by atoms with Gasteiger partial charge in [-0.1, -0.05) is 18.2 Å². The highest BCUT2D eigenvalue weighted by atomic mass is 32.1. The zero-order valence-electron chi connectivity index (χ0n) is 12.3. The minimum Gasteiger partial charge on any atom is -0.315 e. The van der Waals surface area contributed by atoms with Gasteiger partial charge in [-0.25, -0.2) is 4.39 Å².